The summed E-state index contributed by atoms with van der Waals surface area (Å²) < 4.78 is 34.5. The Balaban J connectivity index is 3.92. The molecule has 1 aromatic carbocycles. The van der Waals surface area contributed by atoms with Crippen LogP contribution in [0.25, 0.3) is 6.08 Å². The van der Waals surface area contributed by atoms with Gasteiger partial charge in [-0.15, -0.1) is 0 Å². The van der Waals surface area contributed by atoms with E-state index in [1.54, 1.807) is 19.9 Å². The molecule has 1 atom stereocenters. The standard InChI is InChI=1S/C23H34NO7P/c1-7-24(8-2)19(17-16-18-14-12-11-13-15-18)20(22(25)28-5)21(23(26)29-6)32(27,30-9-3)31-10-4/h11-17,19H,7-10H2,1-6H3/b17-16+,21-20-. The fraction of sp³-hybridized carbons (Fsp3) is 0.478. The highest BCUT2D eigenvalue weighted by atomic mass is 31.2. The summed E-state index contributed by atoms with van der Waals surface area (Å²) in [5, 5.41) is -0.454. The molecule has 0 aliphatic heterocycles. The number of ether oxygens (including phenoxy) is 2. The van der Waals surface area contributed by atoms with E-state index < -0.39 is 30.9 Å². The number of methoxy groups -OCH3 is 2. The van der Waals surface area contributed by atoms with Crippen LogP contribution in [0, 0.1) is 0 Å². The number of nitrogens with zero attached hydrogens (tertiary/aromatic N) is 1. The van der Waals surface area contributed by atoms with Gasteiger partial charge >= 0.3 is 19.5 Å². The van der Waals surface area contributed by atoms with Gasteiger partial charge in [-0.1, -0.05) is 56.3 Å². The maximum absolute atomic E-state index is 13.7. The van der Waals surface area contributed by atoms with E-state index in [4.69, 9.17) is 18.5 Å². The van der Waals surface area contributed by atoms with Crippen molar-refractivity contribution in [2.24, 2.45) is 0 Å². The maximum atomic E-state index is 13.7. The molecule has 8 nitrogen and oxygen atoms in total. The lowest BCUT2D eigenvalue weighted by atomic mass is 10.0. The molecule has 0 saturated carbocycles. The van der Waals surface area contributed by atoms with Crippen LogP contribution >= 0.6 is 7.60 Å². The van der Waals surface area contributed by atoms with Gasteiger partial charge in [-0.2, -0.15) is 0 Å². The molecule has 1 rings (SSSR count). The van der Waals surface area contributed by atoms with Crippen molar-refractivity contribution in [3.05, 3.63) is 52.9 Å². The van der Waals surface area contributed by atoms with Crippen molar-refractivity contribution >= 4 is 25.6 Å². The van der Waals surface area contributed by atoms with Crippen LogP contribution in [0.15, 0.2) is 47.3 Å². The van der Waals surface area contributed by atoms with E-state index in [9.17, 15) is 14.2 Å². The number of esters is 2. The third-order valence-electron chi connectivity index (χ3n) is 4.68. The minimum atomic E-state index is -4.19. The molecule has 32 heavy (non-hydrogen) atoms. The number of carbonyl (C=O) groups excluding carboxylic acids is 2. The lowest BCUT2D eigenvalue weighted by Gasteiger charge is -2.31. The number of rotatable bonds is 13. The third kappa shape index (κ3) is 7.14. The number of benzene rings is 1. The van der Waals surface area contributed by atoms with Gasteiger partial charge in [-0.25, -0.2) is 9.59 Å². The Kier molecular flexibility index (Phi) is 12.2. The van der Waals surface area contributed by atoms with E-state index in [0.717, 1.165) is 12.7 Å². The van der Waals surface area contributed by atoms with Gasteiger partial charge in [0.15, 0.2) is 5.31 Å². The Hall–Kier alpha value is -2.25. The predicted octanol–water partition coefficient (Wildman–Crippen LogP) is 4.28. The van der Waals surface area contributed by atoms with E-state index in [-0.39, 0.29) is 18.8 Å². The van der Waals surface area contributed by atoms with Crippen molar-refractivity contribution in [1.82, 2.24) is 4.90 Å². The Morgan fingerprint density at radius 1 is 0.938 bits per heavy atom. The SMILES string of the molecule is CCOP(=O)(OCC)/C(C(=O)OC)=C(\C(=O)OC)C(/C=C/c1ccccc1)N(CC)CC. The fourth-order valence-corrected chi connectivity index (χ4v) is 5.07. The molecular formula is C23H34NO7P. The first-order valence-electron chi connectivity index (χ1n) is 10.6. The molecule has 178 valence electrons. The van der Waals surface area contributed by atoms with Crippen LogP contribution in [-0.2, 0) is 32.7 Å². The average Bonchev–Trinajstić information content (AvgIpc) is 2.80. The lowest BCUT2D eigenvalue weighted by molar-refractivity contribution is -0.139. The summed E-state index contributed by atoms with van der Waals surface area (Å²) in [5.41, 5.74) is 0.756. The van der Waals surface area contributed by atoms with Gasteiger partial charge in [0.25, 0.3) is 0 Å². The maximum Gasteiger partial charge on any atom is 0.369 e. The summed E-state index contributed by atoms with van der Waals surface area (Å²) in [6.07, 6.45) is 3.59. The minimum Gasteiger partial charge on any atom is -0.466 e. The molecule has 0 aliphatic carbocycles. The molecule has 0 fully saturated rings. The highest BCUT2D eigenvalue weighted by Gasteiger charge is 2.43. The summed E-state index contributed by atoms with van der Waals surface area (Å²) in [7, 11) is -1.85. The van der Waals surface area contributed by atoms with E-state index in [2.05, 4.69) is 0 Å². The zero-order valence-electron chi connectivity index (χ0n) is 19.7. The summed E-state index contributed by atoms with van der Waals surface area (Å²) >= 11 is 0. The van der Waals surface area contributed by atoms with Crippen molar-refractivity contribution in [3.63, 3.8) is 0 Å². The summed E-state index contributed by atoms with van der Waals surface area (Å²) in [6.45, 7) is 8.18. The Bertz CT molecular complexity index is 837. The number of carbonyl (C=O) groups is 2. The van der Waals surface area contributed by atoms with Gasteiger partial charge in [0.1, 0.15) is 0 Å². The zero-order valence-corrected chi connectivity index (χ0v) is 20.6. The quantitative estimate of drug-likeness (QED) is 0.241. The second-order valence-corrected chi connectivity index (χ2v) is 8.47. The van der Waals surface area contributed by atoms with Crippen molar-refractivity contribution in [2.75, 3.05) is 40.5 Å². The number of hydrogen-bond acceptors (Lipinski definition) is 8. The second kappa shape index (κ2) is 14.0. The van der Waals surface area contributed by atoms with Gasteiger partial charge in [-0.05, 0) is 32.5 Å². The van der Waals surface area contributed by atoms with Gasteiger partial charge in [-0.3, -0.25) is 9.46 Å². The molecule has 0 aromatic heterocycles. The van der Waals surface area contributed by atoms with Crippen LogP contribution in [0.5, 0.6) is 0 Å². The van der Waals surface area contributed by atoms with Crippen LogP contribution in [0.1, 0.15) is 33.3 Å². The molecule has 0 bridgehead atoms. The molecule has 0 spiro atoms. The van der Waals surface area contributed by atoms with Gasteiger partial charge < -0.3 is 18.5 Å². The van der Waals surface area contributed by atoms with E-state index in [0.29, 0.717) is 13.1 Å². The predicted molar refractivity (Wildman–Crippen MR) is 124 cm³/mol. The average molecular weight is 467 g/mol. The monoisotopic (exact) mass is 467 g/mol. The van der Waals surface area contributed by atoms with Crippen LogP contribution < -0.4 is 0 Å². The molecular weight excluding hydrogens is 433 g/mol. The van der Waals surface area contributed by atoms with Crippen molar-refractivity contribution in [2.45, 2.75) is 33.7 Å². The van der Waals surface area contributed by atoms with Crippen molar-refractivity contribution in [1.29, 1.82) is 0 Å². The fourth-order valence-electron chi connectivity index (χ4n) is 3.22. The summed E-state index contributed by atoms with van der Waals surface area (Å²) in [4.78, 5) is 27.9. The molecule has 9 heteroatoms. The molecule has 0 N–H and O–H groups in total. The van der Waals surface area contributed by atoms with E-state index >= 15 is 0 Å². The van der Waals surface area contributed by atoms with Gasteiger partial charge in [0.05, 0.1) is 39.0 Å². The van der Waals surface area contributed by atoms with Crippen LogP contribution in [0.4, 0.5) is 0 Å². The zero-order chi connectivity index (χ0) is 24.1. The lowest BCUT2D eigenvalue weighted by Crippen LogP contribution is -2.39. The van der Waals surface area contributed by atoms with E-state index in [1.807, 2.05) is 55.2 Å². The topological polar surface area (TPSA) is 91.4 Å². The van der Waals surface area contributed by atoms with Gasteiger partial charge in [0.2, 0.25) is 0 Å². The molecule has 0 saturated heterocycles. The highest BCUT2D eigenvalue weighted by Crippen LogP contribution is 2.58. The first-order valence-corrected chi connectivity index (χ1v) is 12.1. The molecule has 1 unspecified atom stereocenters. The van der Waals surface area contributed by atoms with Gasteiger partial charge in [0, 0.05) is 0 Å². The van der Waals surface area contributed by atoms with Crippen molar-refractivity contribution < 1.29 is 32.7 Å². The van der Waals surface area contributed by atoms with Crippen LogP contribution in [-0.4, -0.2) is 63.4 Å². The summed E-state index contributed by atoms with van der Waals surface area (Å²) in [6, 6.07) is 8.74. The Morgan fingerprint density at radius 2 is 1.47 bits per heavy atom. The number of likely N-dealkylation sites (N-methyl/N-ethyl adjacent to an activating group) is 1. The smallest absolute Gasteiger partial charge is 0.369 e. The van der Waals surface area contributed by atoms with Crippen LogP contribution in [0.3, 0.4) is 0 Å². The molecule has 0 radical (unpaired) electrons. The van der Waals surface area contributed by atoms with Crippen LogP contribution in [0.2, 0.25) is 0 Å². The first-order chi connectivity index (χ1) is 15.3. The summed E-state index contributed by atoms with van der Waals surface area (Å²) in [5.74, 6) is -1.79. The normalized spacial score (nSPS) is 13.7. The molecule has 0 amide bonds. The highest BCUT2D eigenvalue weighted by molar-refractivity contribution is 7.60. The largest absolute Gasteiger partial charge is 0.466 e. The third-order valence-corrected chi connectivity index (χ3v) is 6.85. The number of hydrogen-bond donors (Lipinski definition) is 0. The Labute approximate surface area is 190 Å². The molecule has 0 heterocycles. The molecule has 0 aliphatic rings. The minimum absolute atomic E-state index is 0.00200. The second-order valence-electron chi connectivity index (χ2n) is 6.51. The van der Waals surface area contributed by atoms with Crippen molar-refractivity contribution in [3.8, 4) is 0 Å². The first kappa shape index (κ1) is 27.8. The Morgan fingerprint density at radius 3 is 1.91 bits per heavy atom. The molecule has 1 aromatic rings. The van der Waals surface area contributed by atoms with E-state index in [1.165, 1.54) is 7.11 Å².